The second-order valence-corrected chi connectivity index (χ2v) is 5.92. The predicted molar refractivity (Wildman–Crippen MR) is 85.8 cm³/mol. The van der Waals surface area contributed by atoms with Gasteiger partial charge in [0.05, 0.1) is 5.04 Å². The van der Waals surface area contributed by atoms with Gasteiger partial charge in [-0.2, -0.15) is 0 Å². The smallest absolute Gasteiger partial charge is 0.119 e. The molecule has 20 heavy (non-hydrogen) atoms. The standard InChI is InChI=1S/C17H17NOS/c1-13-3-2-4-14(11-13)12-19-16-7-5-15(6-8-16)17-18-9-10-20-17/h2-8,11H,9-10,12H2,1H3. The summed E-state index contributed by atoms with van der Waals surface area (Å²) in [4.78, 5) is 4.48. The molecular weight excluding hydrogens is 266 g/mol. The molecule has 0 bridgehead atoms. The molecular formula is C17H17NOS. The lowest BCUT2D eigenvalue weighted by atomic mass is 10.1. The van der Waals surface area contributed by atoms with E-state index in [1.165, 1.54) is 16.7 Å². The molecule has 1 aliphatic rings. The molecule has 0 spiro atoms. The number of ether oxygens (including phenoxy) is 1. The summed E-state index contributed by atoms with van der Waals surface area (Å²) in [7, 11) is 0. The average molecular weight is 283 g/mol. The van der Waals surface area contributed by atoms with E-state index in [9.17, 15) is 0 Å². The molecule has 0 atom stereocenters. The Kier molecular flexibility index (Phi) is 4.07. The quantitative estimate of drug-likeness (QED) is 0.843. The lowest BCUT2D eigenvalue weighted by Crippen LogP contribution is -1.97. The van der Waals surface area contributed by atoms with Crippen LogP contribution < -0.4 is 4.74 Å². The molecule has 0 saturated carbocycles. The van der Waals surface area contributed by atoms with E-state index in [2.05, 4.69) is 48.3 Å². The number of nitrogens with zero attached hydrogens (tertiary/aromatic N) is 1. The van der Waals surface area contributed by atoms with E-state index in [0.717, 1.165) is 23.1 Å². The van der Waals surface area contributed by atoms with E-state index in [4.69, 9.17) is 4.74 Å². The zero-order valence-electron chi connectivity index (χ0n) is 11.5. The van der Waals surface area contributed by atoms with Gasteiger partial charge in [-0.25, -0.2) is 0 Å². The van der Waals surface area contributed by atoms with E-state index >= 15 is 0 Å². The third-order valence-electron chi connectivity index (χ3n) is 3.17. The van der Waals surface area contributed by atoms with Crippen LogP contribution >= 0.6 is 11.8 Å². The van der Waals surface area contributed by atoms with Crippen molar-refractivity contribution in [3.63, 3.8) is 0 Å². The minimum absolute atomic E-state index is 0.608. The Balaban J connectivity index is 1.63. The third-order valence-corrected chi connectivity index (χ3v) is 4.20. The van der Waals surface area contributed by atoms with Crippen molar-refractivity contribution >= 4 is 16.8 Å². The first kappa shape index (κ1) is 13.3. The number of rotatable bonds is 4. The maximum Gasteiger partial charge on any atom is 0.119 e. The summed E-state index contributed by atoms with van der Waals surface area (Å²) in [5.74, 6) is 2.00. The topological polar surface area (TPSA) is 21.6 Å². The number of aryl methyl sites for hydroxylation is 1. The first-order chi connectivity index (χ1) is 9.81. The SMILES string of the molecule is Cc1cccc(COc2ccc(C3=NCCS3)cc2)c1. The van der Waals surface area contributed by atoms with Crippen molar-refractivity contribution in [2.45, 2.75) is 13.5 Å². The largest absolute Gasteiger partial charge is 0.489 e. The fraction of sp³-hybridized carbons (Fsp3) is 0.235. The number of aliphatic imine (C=N–C) groups is 1. The van der Waals surface area contributed by atoms with Crippen LogP contribution in [0, 0.1) is 6.92 Å². The van der Waals surface area contributed by atoms with Crippen LogP contribution in [0.15, 0.2) is 53.5 Å². The van der Waals surface area contributed by atoms with Crippen molar-refractivity contribution in [1.29, 1.82) is 0 Å². The summed E-state index contributed by atoms with van der Waals surface area (Å²) in [6.07, 6.45) is 0. The van der Waals surface area contributed by atoms with Gasteiger partial charge in [-0.3, -0.25) is 4.99 Å². The van der Waals surface area contributed by atoms with Gasteiger partial charge in [-0.05, 0) is 36.8 Å². The van der Waals surface area contributed by atoms with Crippen LogP contribution in [0.3, 0.4) is 0 Å². The Morgan fingerprint density at radius 1 is 1.15 bits per heavy atom. The van der Waals surface area contributed by atoms with Crippen LogP contribution in [-0.2, 0) is 6.61 Å². The molecule has 1 aliphatic heterocycles. The minimum Gasteiger partial charge on any atom is -0.489 e. The van der Waals surface area contributed by atoms with Crippen LogP contribution in [0.2, 0.25) is 0 Å². The lowest BCUT2D eigenvalue weighted by Gasteiger charge is -2.08. The molecule has 2 nitrogen and oxygen atoms in total. The molecule has 1 heterocycles. The van der Waals surface area contributed by atoms with E-state index in [1.807, 2.05) is 23.9 Å². The molecule has 102 valence electrons. The second kappa shape index (κ2) is 6.14. The van der Waals surface area contributed by atoms with Crippen LogP contribution in [0.1, 0.15) is 16.7 Å². The van der Waals surface area contributed by atoms with E-state index in [0.29, 0.717) is 6.61 Å². The Morgan fingerprint density at radius 3 is 2.70 bits per heavy atom. The van der Waals surface area contributed by atoms with Crippen molar-refractivity contribution in [3.05, 3.63) is 65.2 Å². The summed E-state index contributed by atoms with van der Waals surface area (Å²) in [5, 5.41) is 1.15. The summed E-state index contributed by atoms with van der Waals surface area (Å²) in [6, 6.07) is 16.6. The summed E-state index contributed by atoms with van der Waals surface area (Å²) < 4.78 is 5.82. The fourth-order valence-electron chi connectivity index (χ4n) is 2.17. The minimum atomic E-state index is 0.608. The van der Waals surface area contributed by atoms with Gasteiger partial charge in [0, 0.05) is 17.9 Å². The summed E-state index contributed by atoms with van der Waals surface area (Å²) >= 11 is 1.82. The first-order valence-corrected chi connectivity index (χ1v) is 7.76. The second-order valence-electron chi connectivity index (χ2n) is 4.84. The van der Waals surface area contributed by atoms with Gasteiger partial charge in [0.25, 0.3) is 0 Å². The predicted octanol–water partition coefficient (Wildman–Crippen LogP) is 4.07. The van der Waals surface area contributed by atoms with Crippen LogP contribution in [0.4, 0.5) is 0 Å². The van der Waals surface area contributed by atoms with Crippen molar-refractivity contribution < 1.29 is 4.74 Å². The van der Waals surface area contributed by atoms with Gasteiger partial charge in [-0.15, -0.1) is 11.8 Å². The molecule has 0 fully saturated rings. The molecule has 0 aliphatic carbocycles. The van der Waals surface area contributed by atoms with Crippen molar-refractivity contribution in [2.75, 3.05) is 12.3 Å². The monoisotopic (exact) mass is 283 g/mol. The number of benzene rings is 2. The van der Waals surface area contributed by atoms with Gasteiger partial charge in [-0.1, -0.05) is 29.8 Å². The molecule has 2 aromatic carbocycles. The van der Waals surface area contributed by atoms with Gasteiger partial charge >= 0.3 is 0 Å². The third kappa shape index (κ3) is 3.23. The Morgan fingerprint density at radius 2 is 2.00 bits per heavy atom. The molecule has 0 aromatic heterocycles. The maximum atomic E-state index is 5.82. The summed E-state index contributed by atoms with van der Waals surface area (Å²) in [5.41, 5.74) is 3.65. The molecule has 0 unspecified atom stereocenters. The Bertz CT molecular complexity index is 619. The van der Waals surface area contributed by atoms with E-state index in [1.54, 1.807) is 0 Å². The number of hydrogen-bond acceptors (Lipinski definition) is 3. The van der Waals surface area contributed by atoms with Crippen LogP contribution in [0.25, 0.3) is 0 Å². The van der Waals surface area contributed by atoms with Crippen LogP contribution in [0.5, 0.6) is 5.75 Å². The normalized spacial score (nSPS) is 14.2. The van der Waals surface area contributed by atoms with Crippen LogP contribution in [-0.4, -0.2) is 17.3 Å². The lowest BCUT2D eigenvalue weighted by molar-refractivity contribution is 0.306. The highest BCUT2D eigenvalue weighted by molar-refractivity contribution is 8.14. The van der Waals surface area contributed by atoms with Crippen molar-refractivity contribution in [1.82, 2.24) is 0 Å². The summed E-state index contributed by atoms with van der Waals surface area (Å²) in [6.45, 7) is 3.64. The van der Waals surface area contributed by atoms with Gasteiger partial charge in [0.15, 0.2) is 0 Å². The zero-order chi connectivity index (χ0) is 13.8. The molecule has 0 N–H and O–H groups in total. The highest BCUT2D eigenvalue weighted by Gasteiger charge is 2.09. The molecule has 2 aromatic rings. The molecule has 3 heteroatoms. The van der Waals surface area contributed by atoms with Gasteiger partial charge < -0.3 is 4.74 Å². The van der Waals surface area contributed by atoms with E-state index in [-0.39, 0.29) is 0 Å². The number of thioether (sulfide) groups is 1. The Labute approximate surface area is 123 Å². The fourth-order valence-corrected chi connectivity index (χ4v) is 3.03. The zero-order valence-corrected chi connectivity index (χ0v) is 12.3. The maximum absolute atomic E-state index is 5.82. The average Bonchev–Trinajstić information content (AvgIpc) is 3.00. The highest BCUT2D eigenvalue weighted by atomic mass is 32.2. The molecule has 0 radical (unpaired) electrons. The molecule has 3 rings (SSSR count). The van der Waals surface area contributed by atoms with Crippen molar-refractivity contribution in [3.8, 4) is 5.75 Å². The van der Waals surface area contributed by atoms with Gasteiger partial charge in [0.2, 0.25) is 0 Å². The molecule has 0 saturated heterocycles. The molecule has 0 amide bonds. The number of hydrogen-bond donors (Lipinski definition) is 0. The highest BCUT2D eigenvalue weighted by Crippen LogP contribution is 2.21. The van der Waals surface area contributed by atoms with E-state index < -0.39 is 0 Å². The van der Waals surface area contributed by atoms with Crippen molar-refractivity contribution in [2.24, 2.45) is 4.99 Å². The Hall–Kier alpha value is -1.74. The van der Waals surface area contributed by atoms with Gasteiger partial charge in [0.1, 0.15) is 12.4 Å². The first-order valence-electron chi connectivity index (χ1n) is 6.77.